The second kappa shape index (κ2) is 3.32. The zero-order valence-electron chi connectivity index (χ0n) is 8.34. The van der Waals surface area contributed by atoms with Crippen LogP contribution in [-0.2, 0) is 9.53 Å². The zero-order chi connectivity index (χ0) is 9.31. The Bertz CT molecular complexity index is 200. The highest BCUT2D eigenvalue weighted by molar-refractivity contribution is 5.73. The molecule has 2 saturated carbocycles. The Morgan fingerprint density at radius 2 is 1.85 bits per heavy atom. The lowest BCUT2D eigenvalue weighted by molar-refractivity contribution is -0.165. The fourth-order valence-corrected chi connectivity index (χ4v) is 2.20. The quantitative estimate of drug-likeness (QED) is 0.614. The number of esters is 1. The second-order valence-corrected chi connectivity index (χ2v) is 4.71. The third-order valence-electron chi connectivity index (χ3n) is 3.45. The first kappa shape index (κ1) is 9.04. The van der Waals surface area contributed by atoms with Crippen molar-refractivity contribution in [2.24, 2.45) is 5.92 Å². The van der Waals surface area contributed by atoms with Crippen LogP contribution in [0.5, 0.6) is 0 Å². The molecule has 0 spiro atoms. The first-order chi connectivity index (χ1) is 6.20. The van der Waals surface area contributed by atoms with Crippen LogP contribution in [0.4, 0.5) is 0 Å². The molecule has 0 bridgehead atoms. The summed E-state index contributed by atoms with van der Waals surface area (Å²) >= 11 is 0. The molecule has 0 atom stereocenters. The largest absolute Gasteiger partial charge is 0.459 e. The van der Waals surface area contributed by atoms with Gasteiger partial charge in [0.1, 0.15) is 5.60 Å². The smallest absolute Gasteiger partial charge is 0.309 e. The van der Waals surface area contributed by atoms with Gasteiger partial charge in [-0.3, -0.25) is 4.79 Å². The summed E-state index contributed by atoms with van der Waals surface area (Å²) in [4.78, 5) is 11.6. The van der Waals surface area contributed by atoms with E-state index in [1.165, 1.54) is 19.3 Å². The maximum absolute atomic E-state index is 11.6. The topological polar surface area (TPSA) is 26.3 Å². The average molecular weight is 182 g/mol. The fraction of sp³-hybridized carbons (Fsp3) is 0.909. The van der Waals surface area contributed by atoms with Crippen molar-refractivity contribution in [2.45, 2.75) is 57.5 Å². The molecule has 2 nitrogen and oxygen atoms in total. The minimum atomic E-state index is -0.118. The molecule has 0 unspecified atom stereocenters. The predicted octanol–water partition coefficient (Wildman–Crippen LogP) is 2.66. The number of carbonyl (C=O) groups excluding carboxylic acids is 1. The molecule has 2 aliphatic rings. The first-order valence-electron chi connectivity index (χ1n) is 5.42. The van der Waals surface area contributed by atoms with E-state index in [1.807, 2.05) is 0 Å². The number of ether oxygens (including phenoxy) is 1. The van der Waals surface area contributed by atoms with E-state index in [0.717, 1.165) is 25.7 Å². The summed E-state index contributed by atoms with van der Waals surface area (Å²) in [6, 6.07) is 0. The van der Waals surface area contributed by atoms with Crippen LogP contribution in [-0.4, -0.2) is 11.6 Å². The lowest BCUT2D eigenvalue weighted by Gasteiger charge is -2.30. The van der Waals surface area contributed by atoms with Gasteiger partial charge in [0, 0.05) is 0 Å². The van der Waals surface area contributed by atoms with Crippen molar-refractivity contribution in [2.75, 3.05) is 0 Å². The maximum atomic E-state index is 11.6. The van der Waals surface area contributed by atoms with Crippen LogP contribution in [0.3, 0.4) is 0 Å². The summed E-state index contributed by atoms with van der Waals surface area (Å²) < 4.78 is 5.56. The molecule has 13 heavy (non-hydrogen) atoms. The van der Waals surface area contributed by atoms with Crippen molar-refractivity contribution < 1.29 is 9.53 Å². The predicted molar refractivity (Wildman–Crippen MR) is 50.3 cm³/mol. The normalized spacial score (nSPS) is 26.8. The van der Waals surface area contributed by atoms with E-state index < -0.39 is 0 Å². The van der Waals surface area contributed by atoms with Gasteiger partial charge in [0.2, 0.25) is 0 Å². The van der Waals surface area contributed by atoms with Crippen LogP contribution in [0.1, 0.15) is 51.9 Å². The summed E-state index contributed by atoms with van der Waals surface area (Å²) in [7, 11) is 0. The highest BCUT2D eigenvalue weighted by Crippen LogP contribution is 2.36. The number of hydrogen-bond acceptors (Lipinski definition) is 2. The number of hydrogen-bond donors (Lipinski definition) is 0. The lowest BCUT2D eigenvalue weighted by Crippen LogP contribution is -2.34. The molecule has 2 rings (SSSR count). The molecule has 0 aromatic carbocycles. The van der Waals surface area contributed by atoms with Gasteiger partial charge in [0.05, 0.1) is 5.92 Å². The van der Waals surface area contributed by atoms with E-state index in [2.05, 4.69) is 6.92 Å². The molecule has 0 N–H and O–H groups in total. The maximum Gasteiger partial charge on any atom is 0.309 e. The molecule has 0 heterocycles. The van der Waals surface area contributed by atoms with E-state index in [9.17, 15) is 4.79 Å². The van der Waals surface area contributed by atoms with Gasteiger partial charge in [-0.05, 0) is 45.4 Å². The van der Waals surface area contributed by atoms with Crippen molar-refractivity contribution in [3.05, 3.63) is 0 Å². The third-order valence-corrected chi connectivity index (χ3v) is 3.45. The molecule has 0 aromatic rings. The molecule has 2 aliphatic carbocycles. The van der Waals surface area contributed by atoms with Crippen LogP contribution < -0.4 is 0 Å². The molecule has 2 heteroatoms. The van der Waals surface area contributed by atoms with E-state index in [0.29, 0.717) is 0 Å². The summed E-state index contributed by atoms with van der Waals surface area (Å²) in [5, 5.41) is 0. The molecule has 74 valence electrons. The molecular formula is C11H18O2. The van der Waals surface area contributed by atoms with Gasteiger partial charge in [-0.1, -0.05) is 6.42 Å². The minimum Gasteiger partial charge on any atom is -0.459 e. The van der Waals surface area contributed by atoms with Gasteiger partial charge in [-0.15, -0.1) is 0 Å². The molecule has 0 aliphatic heterocycles. The van der Waals surface area contributed by atoms with Crippen molar-refractivity contribution in [3.63, 3.8) is 0 Å². The minimum absolute atomic E-state index is 0.0654. The molecule has 2 fully saturated rings. The summed E-state index contributed by atoms with van der Waals surface area (Å²) in [5.41, 5.74) is -0.118. The highest BCUT2D eigenvalue weighted by Gasteiger charge is 2.36. The Morgan fingerprint density at radius 3 is 2.31 bits per heavy atom. The molecule has 0 aromatic heterocycles. The van der Waals surface area contributed by atoms with Gasteiger partial charge in [-0.2, -0.15) is 0 Å². The van der Waals surface area contributed by atoms with Gasteiger partial charge in [-0.25, -0.2) is 0 Å². The Balaban J connectivity index is 1.85. The highest BCUT2D eigenvalue weighted by atomic mass is 16.6. The van der Waals surface area contributed by atoms with Crippen LogP contribution in [0.15, 0.2) is 0 Å². The lowest BCUT2D eigenvalue weighted by atomic mass is 9.85. The monoisotopic (exact) mass is 182 g/mol. The van der Waals surface area contributed by atoms with Gasteiger partial charge >= 0.3 is 5.97 Å². The van der Waals surface area contributed by atoms with E-state index in [1.54, 1.807) is 0 Å². The average Bonchev–Trinajstić information content (AvgIpc) is 2.31. The van der Waals surface area contributed by atoms with Crippen molar-refractivity contribution in [1.82, 2.24) is 0 Å². The molecule has 0 amide bonds. The zero-order valence-corrected chi connectivity index (χ0v) is 8.34. The Morgan fingerprint density at radius 1 is 1.23 bits per heavy atom. The Labute approximate surface area is 79.7 Å². The van der Waals surface area contributed by atoms with Crippen LogP contribution in [0, 0.1) is 5.92 Å². The molecule has 0 saturated heterocycles. The van der Waals surface area contributed by atoms with Gasteiger partial charge in [0.15, 0.2) is 0 Å². The summed E-state index contributed by atoms with van der Waals surface area (Å²) in [6.07, 6.45) is 7.86. The number of carbonyl (C=O) groups is 1. The number of rotatable bonds is 2. The summed E-state index contributed by atoms with van der Waals surface area (Å²) in [5.74, 6) is 0.299. The van der Waals surface area contributed by atoms with Crippen LogP contribution in [0.25, 0.3) is 0 Å². The molecular weight excluding hydrogens is 164 g/mol. The van der Waals surface area contributed by atoms with Crippen molar-refractivity contribution in [1.29, 1.82) is 0 Å². The van der Waals surface area contributed by atoms with Crippen molar-refractivity contribution in [3.8, 4) is 0 Å². The Hall–Kier alpha value is -0.530. The third kappa shape index (κ3) is 1.87. The fourth-order valence-electron chi connectivity index (χ4n) is 2.20. The van der Waals surface area contributed by atoms with E-state index >= 15 is 0 Å². The standard InChI is InChI=1S/C11H18O2/c1-11(7-2-3-8-11)13-10(12)9-5-4-6-9/h9H,2-8H2,1H3. The second-order valence-electron chi connectivity index (χ2n) is 4.71. The van der Waals surface area contributed by atoms with E-state index in [-0.39, 0.29) is 17.5 Å². The van der Waals surface area contributed by atoms with E-state index in [4.69, 9.17) is 4.74 Å². The van der Waals surface area contributed by atoms with Gasteiger partial charge < -0.3 is 4.74 Å². The van der Waals surface area contributed by atoms with Crippen LogP contribution in [0.2, 0.25) is 0 Å². The first-order valence-corrected chi connectivity index (χ1v) is 5.42. The van der Waals surface area contributed by atoms with Crippen molar-refractivity contribution >= 4 is 5.97 Å². The SMILES string of the molecule is CC1(OC(=O)C2CCC2)CCCC1. The van der Waals surface area contributed by atoms with Gasteiger partial charge in [0.25, 0.3) is 0 Å². The molecule has 0 radical (unpaired) electrons. The van der Waals surface area contributed by atoms with Crippen LogP contribution >= 0.6 is 0 Å². The summed E-state index contributed by atoms with van der Waals surface area (Å²) in [6.45, 7) is 2.08. The Kier molecular flexibility index (Phi) is 2.31.